The Morgan fingerprint density at radius 3 is 2.50 bits per heavy atom. The van der Waals surface area contributed by atoms with Crippen molar-refractivity contribution in [2.24, 2.45) is 0 Å². The largest absolute Gasteiger partial charge is 0.481 e. The maximum atomic E-state index is 10.8. The molecule has 0 unspecified atom stereocenters. The zero-order valence-electron chi connectivity index (χ0n) is 10.6. The molecule has 0 aromatic heterocycles. The third-order valence-corrected chi connectivity index (χ3v) is 3.49. The Labute approximate surface area is 108 Å². The molecule has 0 aliphatic heterocycles. The molecule has 0 atom stereocenters. The summed E-state index contributed by atoms with van der Waals surface area (Å²) in [6.45, 7) is 0.536. The van der Waals surface area contributed by atoms with Crippen molar-refractivity contribution in [1.29, 1.82) is 0 Å². The fourth-order valence-corrected chi connectivity index (χ4v) is 2.47. The van der Waals surface area contributed by atoms with Crippen molar-refractivity contribution < 1.29 is 14.6 Å². The molecular weight excluding hydrogens is 228 g/mol. The molecule has 0 bridgehead atoms. The Hall–Kier alpha value is -1.35. The van der Waals surface area contributed by atoms with E-state index in [0.29, 0.717) is 12.7 Å². The second-order valence-electron chi connectivity index (χ2n) is 4.91. The van der Waals surface area contributed by atoms with Crippen molar-refractivity contribution in [1.82, 2.24) is 0 Å². The van der Waals surface area contributed by atoms with E-state index in [-0.39, 0.29) is 6.42 Å². The zero-order valence-corrected chi connectivity index (χ0v) is 10.6. The van der Waals surface area contributed by atoms with Gasteiger partial charge in [-0.15, -0.1) is 0 Å². The van der Waals surface area contributed by atoms with E-state index in [2.05, 4.69) is 0 Å². The predicted molar refractivity (Wildman–Crippen MR) is 69.4 cm³/mol. The van der Waals surface area contributed by atoms with Crippen LogP contribution in [0.1, 0.15) is 43.2 Å². The summed E-state index contributed by atoms with van der Waals surface area (Å²) in [6, 6.07) is 7.64. The molecule has 1 fully saturated rings. The van der Waals surface area contributed by atoms with Crippen LogP contribution >= 0.6 is 0 Å². The van der Waals surface area contributed by atoms with Gasteiger partial charge in [-0.2, -0.15) is 0 Å². The molecule has 0 saturated heterocycles. The minimum Gasteiger partial charge on any atom is -0.481 e. The summed E-state index contributed by atoms with van der Waals surface area (Å²) in [6.07, 6.45) is 6.53. The van der Waals surface area contributed by atoms with E-state index in [9.17, 15) is 4.79 Å². The summed E-state index contributed by atoms with van der Waals surface area (Å²) >= 11 is 0. The van der Waals surface area contributed by atoms with Gasteiger partial charge in [0, 0.05) is 0 Å². The molecule has 1 aromatic carbocycles. The highest BCUT2D eigenvalue weighted by Crippen LogP contribution is 2.22. The molecule has 0 heterocycles. The van der Waals surface area contributed by atoms with Crippen LogP contribution in [0.25, 0.3) is 0 Å². The van der Waals surface area contributed by atoms with Gasteiger partial charge in [-0.3, -0.25) is 4.79 Å². The average Bonchev–Trinajstić information content (AvgIpc) is 2.38. The molecule has 2 rings (SSSR count). The number of rotatable bonds is 5. The summed E-state index contributed by atoms with van der Waals surface area (Å²) in [7, 11) is 0. The topological polar surface area (TPSA) is 46.5 Å². The van der Waals surface area contributed by atoms with Gasteiger partial charge in [0.25, 0.3) is 0 Å². The van der Waals surface area contributed by atoms with Gasteiger partial charge < -0.3 is 9.84 Å². The fourth-order valence-electron chi connectivity index (χ4n) is 2.47. The SMILES string of the molecule is O=C(O)Cc1ccccc1COC1CCCCC1. The minimum absolute atomic E-state index is 0.0736. The number of carboxylic acid groups (broad SMARTS) is 1. The Bertz CT molecular complexity index is 394. The molecule has 0 spiro atoms. The van der Waals surface area contributed by atoms with Gasteiger partial charge in [-0.1, -0.05) is 43.5 Å². The number of carboxylic acids is 1. The Kier molecular flexibility index (Phi) is 4.76. The average molecular weight is 248 g/mol. The molecule has 18 heavy (non-hydrogen) atoms. The maximum absolute atomic E-state index is 10.8. The standard InChI is InChI=1S/C15H20O3/c16-15(17)10-12-6-4-5-7-13(12)11-18-14-8-2-1-3-9-14/h4-7,14H,1-3,8-11H2,(H,16,17). The van der Waals surface area contributed by atoms with E-state index in [1.165, 1.54) is 19.3 Å². The number of carbonyl (C=O) groups is 1. The second-order valence-corrected chi connectivity index (χ2v) is 4.91. The molecule has 3 nitrogen and oxygen atoms in total. The number of hydrogen-bond acceptors (Lipinski definition) is 2. The predicted octanol–water partition coefficient (Wildman–Crippen LogP) is 3.16. The van der Waals surface area contributed by atoms with Crippen molar-refractivity contribution in [2.75, 3.05) is 0 Å². The summed E-state index contributed by atoms with van der Waals surface area (Å²) < 4.78 is 5.90. The summed E-state index contributed by atoms with van der Waals surface area (Å²) in [5.74, 6) is -0.792. The molecule has 1 aliphatic rings. The van der Waals surface area contributed by atoms with Crippen molar-refractivity contribution >= 4 is 5.97 Å². The number of benzene rings is 1. The number of ether oxygens (including phenoxy) is 1. The summed E-state index contributed by atoms with van der Waals surface area (Å²) in [5.41, 5.74) is 1.87. The Morgan fingerprint density at radius 1 is 1.17 bits per heavy atom. The van der Waals surface area contributed by atoms with Gasteiger partial charge in [0.15, 0.2) is 0 Å². The van der Waals surface area contributed by atoms with Crippen LogP contribution in [0.4, 0.5) is 0 Å². The lowest BCUT2D eigenvalue weighted by molar-refractivity contribution is -0.136. The monoisotopic (exact) mass is 248 g/mol. The van der Waals surface area contributed by atoms with Crippen molar-refractivity contribution in [3.05, 3.63) is 35.4 Å². The van der Waals surface area contributed by atoms with Crippen molar-refractivity contribution in [3.63, 3.8) is 0 Å². The van der Waals surface area contributed by atoms with Crippen LogP contribution in [-0.4, -0.2) is 17.2 Å². The first-order valence-electron chi connectivity index (χ1n) is 6.66. The van der Waals surface area contributed by atoms with Gasteiger partial charge >= 0.3 is 5.97 Å². The lowest BCUT2D eigenvalue weighted by atomic mass is 9.97. The highest BCUT2D eigenvalue weighted by Gasteiger charge is 2.14. The highest BCUT2D eigenvalue weighted by molar-refractivity contribution is 5.70. The minimum atomic E-state index is -0.792. The smallest absolute Gasteiger partial charge is 0.307 e. The number of aliphatic carboxylic acids is 1. The third-order valence-electron chi connectivity index (χ3n) is 3.49. The molecule has 1 aliphatic carbocycles. The van der Waals surface area contributed by atoms with Crippen LogP contribution in [0.2, 0.25) is 0 Å². The fraction of sp³-hybridized carbons (Fsp3) is 0.533. The quantitative estimate of drug-likeness (QED) is 0.870. The molecule has 0 amide bonds. The van der Waals surface area contributed by atoms with Gasteiger partial charge in [0.1, 0.15) is 0 Å². The first kappa shape index (κ1) is 13.1. The van der Waals surface area contributed by atoms with Crippen molar-refractivity contribution in [2.45, 2.75) is 51.2 Å². The highest BCUT2D eigenvalue weighted by atomic mass is 16.5. The molecular formula is C15H20O3. The maximum Gasteiger partial charge on any atom is 0.307 e. The molecule has 98 valence electrons. The first-order chi connectivity index (χ1) is 8.75. The van der Waals surface area contributed by atoms with Crippen LogP contribution < -0.4 is 0 Å². The van der Waals surface area contributed by atoms with E-state index in [1.807, 2.05) is 24.3 Å². The van der Waals surface area contributed by atoms with E-state index in [1.54, 1.807) is 0 Å². The third kappa shape index (κ3) is 3.84. The molecule has 3 heteroatoms. The number of hydrogen-bond donors (Lipinski definition) is 1. The molecule has 0 radical (unpaired) electrons. The van der Waals surface area contributed by atoms with Gasteiger partial charge in [-0.05, 0) is 24.0 Å². The van der Waals surface area contributed by atoms with Crippen LogP contribution in [0.5, 0.6) is 0 Å². The van der Waals surface area contributed by atoms with Crippen LogP contribution in [0, 0.1) is 0 Å². The van der Waals surface area contributed by atoms with Crippen molar-refractivity contribution in [3.8, 4) is 0 Å². The van der Waals surface area contributed by atoms with Crippen LogP contribution in [0.3, 0.4) is 0 Å². The van der Waals surface area contributed by atoms with E-state index >= 15 is 0 Å². The van der Waals surface area contributed by atoms with Gasteiger partial charge in [-0.25, -0.2) is 0 Å². The van der Waals surface area contributed by atoms with Crippen LogP contribution in [0.15, 0.2) is 24.3 Å². The first-order valence-corrected chi connectivity index (χ1v) is 6.66. The Morgan fingerprint density at radius 2 is 1.83 bits per heavy atom. The summed E-state index contributed by atoms with van der Waals surface area (Å²) in [4.78, 5) is 10.8. The second kappa shape index (κ2) is 6.55. The lowest BCUT2D eigenvalue weighted by Crippen LogP contribution is -2.17. The lowest BCUT2D eigenvalue weighted by Gasteiger charge is -2.22. The van der Waals surface area contributed by atoms with Gasteiger partial charge in [0.2, 0.25) is 0 Å². The van der Waals surface area contributed by atoms with E-state index in [4.69, 9.17) is 9.84 Å². The zero-order chi connectivity index (χ0) is 12.8. The Balaban J connectivity index is 1.93. The van der Waals surface area contributed by atoms with Crippen LogP contribution in [-0.2, 0) is 22.6 Å². The summed E-state index contributed by atoms with van der Waals surface area (Å²) in [5, 5.41) is 8.87. The van der Waals surface area contributed by atoms with Gasteiger partial charge in [0.05, 0.1) is 19.1 Å². The normalized spacial score (nSPS) is 16.7. The van der Waals surface area contributed by atoms with E-state index in [0.717, 1.165) is 24.0 Å². The molecule has 1 N–H and O–H groups in total. The van der Waals surface area contributed by atoms with E-state index < -0.39 is 5.97 Å². The molecule has 1 saturated carbocycles. The molecule has 1 aromatic rings.